The molecule has 0 aliphatic rings. The van der Waals surface area contributed by atoms with Crippen molar-refractivity contribution in [1.29, 1.82) is 0 Å². The number of hydrogen-bond acceptors (Lipinski definition) is 1. The van der Waals surface area contributed by atoms with Crippen LogP contribution in [0.5, 0.6) is 0 Å². The van der Waals surface area contributed by atoms with Gasteiger partial charge in [0.1, 0.15) is 0 Å². The van der Waals surface area contributed by atoms with Crippen LogP contribution in [0.25, 0.3) is 22.3 Å². The molecule has 0 bridgehead atoms. The highest BCUT2D eigenvalue weighted by Crippen LogP contribution is 2.31. The van der Waals surface area contributed by atoms with E-state index in [0.717, 1.165) is 11.1 Å². The molecule has 4 heteroatoms. The van der Waals surface area contributed by atoms with Crippen LogP contribution < -0.4 is 0 Å². The fraction of sp³-hybridized carbons (Fsp3) is 0.0500. The van der Waals surface area contributed by atoms with Gasteiger partial charge in [0.2, 0.25) is 0 Å². The van der Waals surface area contributed by atoms with E-state index in [1.807, 2.05) is 12.1 Å². The molecule has 0 aromatic heterocycles. The van der Waals surface area contributed by atoms with E-state index in [0.29, 0.717) is 11.1 Å². The number of benzene rings is 3. The van der Waals surface area contributed by atoms with Crippen molar-refractivity contribution in [1.82, 2.24) is 0 Å². The normalized spacial score (nSPS) is 11.3. The monoisotopic (exact) mass is 326 g/mol. The van der Waals surface area contributed by atoms with Crippen LogP contribution in [-0.4, -0.2) is 12.0 Å². The van der Waals surface area contributed by atoms with Crippen molar-refractivity contribution in [2.45, 2.75) is 6.18 Å². The van der Waals surface area contributed by atoms with Gasteiger partial charge in [0.25, 0.3) is 5.78 Å². The summed E-state index contributed by atoms with van der Waals surface area (Å²) in [7, 11) is 0. The molecule has 3 aromatic rings. The van der Waals surface area contributed by atoms with Crippen LogP contribution in [0.4, 0.5) is 13.2 Å². The Balaban J connectivity index is 2.18. The first-order valence-corrected chi connectivity index (χ1v) is 7.32. The Morgan fingerprint density at radius 3 is 1.42 bits per heavy atom. The van der Waals surface area contributed by atoms with E-state index < -0.39 is 12.0 Å². The zero-order valence-electron chi connectivity index (χ0n) is 12.5. The number of alkyl halides is 3. The molecular weight excluding hydrogens is 313 g/mol. The van der Waals surface area contributed by atoms with Gasteiger partial charge in [-0.05, 0) is 40.5 Å². The van der Waals surface area contributed by atoms with E-state index in [1.54, 1.807) is 54.6 Å². The van der Waals surface area contributed by atoms with Gasteiger partial charge in [-0.1, -0.05) is 60.7 Å². The highest BCUT2D eigenvalue weighted by atomic mass is 19.4. The summed E-state index contributed by atoms with van der Waals surface area (Å²) < 4.78 is 38.6. The van der Waals surface area contributed by atoms with Crippen molar-refractivity contribution in [2.75, 3.05) is 0 Å². The van der Waals surface area contributed by atoms with E-state index in [1.165, 1.54) is 12.1 Å². The molecule has 0 fully saturated rings. The van der Waals surface area contributed by atoms with Gasteiger partial charge in [0.05, 0.1) is 0 Å². The van der Waals surface area contributed by atoms with Gasteiger partial charge in [-0.25, -0.2) is 0 Å². The topological polar surface area (TPSA) is 17.1 Å². The van der Waals surface area contributed by atoms with Crippen LogP contribution in [0.3, 0.4) is 0 Å². The average Bonchev–Trinajstić information content (AvgIpc) is 2.61. The Hall–Kier alpha value is -2.88. The summed E-state index contributed by atoms with van der Waals surface area (Å²) in [4.78, 5) is 11.7. The summed E-state index contributed by atoms with van der Waals surface area (Å²) in [5.41, 5.74) is 2.30. The molecule has 3 aromatic carbocycles. The Morgan fingerprint density at radius 2 is 1.04 bits per heavy atom. The maximum Gasteiger partial charge on any atom is 0.454 e. The summed E-state index contributed by atoms with van der Waals surface area (Å²) in [5, 5.41) is 0. The highest BCUT2D eigenvalue weighted by molar-refractivity contribution is 6.02. The van der Waals surface area contributed by atoms with E-state index in [4.69, 9.17) is 0 Å². The number of hydrogen-bond donors (Lipinski definition) is 0. The summed E-state index contributed by atoms with van der Waals surface area (Å²) in [5.74, 6) is -1.84. The summed E-state index contributed by atoms with van der Waals surface area (Å²) in [6, 6.07) is 22.4. The standard InChI is InChI=1S/C20H13F3O/c21-20(22,23)19(24)18-12-16(14-7-3-1-4-8-14)11-17(13-18)15-9-5-2-6-10-15/h1-13H. The third-order valence-electron chi connectivity index (χ3n) is 3.67. The molecule has 0 saturated carbocycles. The van der Waals surface area contributed by atoms with Gasteiger partial charge in [-0.15, -0.1) is 0 Å². The third kappa shape index (κ3) is 3.38. The molecule has 0 radical (unpaired) electrons. The van der Waals surface area contributed by atoms with Crippen LogP contribution in [-0.2, 0) is 0 Å². The Bertz CT molecular complexity index is 795. The largest absolute Gasteiger partial charge is 0.454 e. The summed E-state index contributed by atoms with van der Waals surface area (Å²) >= 11 is 0. The summed E-state index contributed by atoms with van der Waals surface area (Å²) in [6.45, 7) is 0. The number of Topliss-reactive ketones (excluding diaryl/α,β-unsaturated/α-hetero) is 1. The number of halogens is 3. The van der Waals surface area contributed by atoms with Gasteiger partial charge in [0.15, 0.2) is 0 Å². The van der Waals surface area contributed by atoms with E-state index in [2.05, 4.69) is 0 Å². The summed E-state index contributed by atoms with van der Waals surface area (Å²) in [6.07, 6.45) is -4.90. The van der Waals surface area contributed by atoms with Crippen LogP contribution >= 0.6 is 0 Å². The second-order valence-electron chi connectivity index (χ2n) is 5.36. The molecule has 0 unspecified atom stereocenters. The Labute approximate surface area is 137 Å². The predicted molar refractivity (Wildman–Crippen MR) is 87.7 cm³/mol. The molecule has 0 saturated heterocycles. The van der Waals surface area contributed by atoms with Crippen molar-refractivity contribution in [3.8, 4) is 22.3 Å². The molecule has 0 spiro atoms. The molecule has 1 nitrogen and oxygen atoms in total. The van der Waals surface area contributed by atoms with Crippen molar-refractivity contribution in [3.63, 3.8) is 0 Å². The molecule has 0 heterocycles. The van der Waals surface area contributed by atoms with Gasteiger partial charge < -0.3 is 0 Å². The van der Waals surface area contributed by atoms with Gasteiger partial charge in [-0.3, -0.25) is 4.79 Å². The first-order chi connectivity index (χ1) is 11.4. The van der Waals surface area contributed by atoms with Crippen LogP contribution in [0.15, 0.2) is 78.9 Å². The number of carbonyl (C=O) groups excluding carboxylic acids is 1. The third-order valence-corrected chi connectivity index (χ3v) is 3.67. The lowest BCUT2D eigenvalue weighted by Crippen LogP contribution is -2.22. The molecule has 0 N–H and O–H groups in total. The molecule has 0 aliphatic carbocycles. The van der Waals surface area contributed by atoms with Crippen molar-refractivity contribution in [3.05, 3.63) is 84.4 Å². The number of ketones is 1. The maximum atomic E-state index is 12.9. The molecule has 0 atom stereocenters. The van der Waals surface area contributed by atoms with Crippen LogP contribution in [0.1, 0.15) is 10.4 Å². The molecular formula is C20H13F3O. The number of rotatable bonds is 3. The SMILES string of the molecule is O=C(c1cc(-c2ccccc2)cc(-c2ccccc2)c1)C(F)(F)F. The molecule has 0 aliphatic heterocycles. The Kier molecular flexibility index (Phi) is 4.21. The second-order valence-corrected chi connectivity index (χ2v) is 5.36. The molecule has 24 heavy (non-hydrogen) atoms. The van der Waals surface area contributed by atoms with Gasteiger partial charge in [-0.2, -0.15) is 13.2 Å². The fourth-order valence-electron chi connectivity index (χ4n) is 2.52. The van der Waals surface area contributed by atoms with E-state index >= 15 is 0 Å². The smallest absolute Gasteiger partial charge is 0.284 e. The maximum absolute atomic E-state index is 12.9. The van der Waals surface area contributed by atoms with Crippen LogP contribution in [0.2, 0.25) is 0 Å². The fourth-order valence-corrected chi connectivity index (χ4v) is 2.52. The van der Waals surface area contributed by atoms with E-state index in [9.17, 15) is 18.0 Å². The minimum atomic E-state index is -4.90. The predicted octanol–water partition coefficient (Wildman–Crippen LogP) is 5.77. The van der Waals surface area contributed by atoms with Gasteiger partial charge in [0, 0.05) is 5.56 Å². The first kappa shape index (κ1) is 16.0. The molecule has 0 amide bonds. The quantitative estimate of drug-likeness (QED) is 0.559. The lowest BCUT2D eigenvalue weighted by Gasteiger charge is -2.11. The lowest BCUT2D eigenvalue weighted by molar-refractivity contribution is -0.0885. The molecule has 3 rings (SSSR count). The zero-order valence-corrected chi connectivity index (χ0v) is 12.5. The zero-order chi connectivity index (χ0) is 17.2. The van der Waals surface area contributed by atoms with Crippen LogP contribution in [0, 0.1) is 0 Å². The second kappa shape index (κ2) is 6.32. The molecule has 120 valence electrons. The highest BCUT2D eigenvalue weighted by Gasteiger charge is 2.39. The minimum Gasteiger partial charge on any atom is -0.284 e. The van der Waals surface area contributed by atoms with Crippen molar-refractivity contribution >= 4 is 5.78 Å². The lowest BCUT2D eigenvalue weighted by atomic mass is 9.94. The number of carbonyl (C=O) groups is 1. The van der Waals surface area contributed by atoms with Gasteiger partial charge >= 0.3 is 6.18 Å². The first-order valence-electron chi connectivity index (χ1n) is 7.32. The van der Waals surface area contributed by atoms with Crippen molar-refractivity contribution < 1.29 is 18.0 Å². The van der Waals surface area contributed by atoms with E-state index in [-0.39, 0.29) is 5.56 Å². The Morgan fingerprint density at radius 1 is 0.625 bits per heavy atom. The minimum absolute atomic E-state index is 0.359. The van der Waals surface area contributed by atoms with Crippen molar-refractivity contribution in [2.24, 2.45) is 0 Å². The average molecular weight is 326 g/mol.